The molecule has 0 atom stereocenters. The summed E-state index contributed by atoms with van der Waals surface area (Å²) in [5.74, 6) is 2.09. The molecule has 1 N–H and O–H groups in total. The van der Waals surface area contributed by atoms with Crippen LogP contribution in [0, 0.1) is 0 Å². The molecule has 0 radical (unpaired) electrons. The van der Waals surface area contributed by atoms with E-state index in [0.717, 1.165) is 17.9 Å². The van der Waals surface area contributed by atoms with Gasteiger partial charge in [-0.3, -0.25) is 0 Å². The fourth-order valence-corrected chi connectivity index (χ4v) is 3.01. The zero-order valence-corrected chi connectivity index (χ0v) is 9.11. The molecule has 1 aromatic rings. The van der Waals surface area contributed by atoms with Gasteiger partial charge in [-0.25, -0.2) is 0 Å². The summed E-state index contributed by atoms with van der Waals surface area (Å²) in [5.41, 5.74) is 1.36. The second kappa shape index (κ2) is 7.30. The average molecular weight is 214 g/mol. The van der Waals surface area contributed by atoms with Crippen LogP contribution in [0.4, 0.5) is 0 Å². The molecule has 0 amide bonds. The van der Waals surface area contributed by atoms with Gasteiger partial charge in [-0.1, -0.05) is 51.9 Å². The number of rotatable bonds is 6. The highest BCUT2D eigenvalue weighted by Gasteiger charge is 1.92. The molecule has 0 spiro atoms. The van der Waals surface area contributed by atoms with Crippen LogP contribution in [0.25, 0.3) is 0 Å². The van der Waals surface area contributed by atoms with Gasteiger partial charge in [0.1, 0.15) is 0 Å². The third-order valence-corrected chi connectivity index (χ3v) is 3.96. The first-order valence-electron chi connectivity index (χ1n) is 4.32. The standard InChI is InChI=1S/C10H14OS2/c11-7-4-8-12-13-9-10-5-2-1-3-6-10/h1-3,5-6,11H,4,7-9H2. The van der Waals surface area contributed by atoms with E-state index >= 15 is 0 Å². The first kappa shape index (κ1) is 11.0. The maximum absolute atomic E-state index is 8.56. The van der Waals surface area contributed by atoms with Crippen LogP contribution >= 0.6 is 21.6 Å². The number of hydrogen-bond acceptors (Lipinski definition) is 3. The van der Waals surface area contributed by atoms with Gasteiger partial charge in [0.15, 0.2) is 0 Å². The van der Waals surface area contributed by atoms with Crippen molar-refractivity contribution in [2.45, 2.75) is 12.2 Å². The summed E-state index contributed by atoms with van der Waals surface area (Å²) in [6.07, 6.45) is 0.895. The lowest BCUT2D eigenvalue weighted by molar-refractivity contribution is 0.296. The van der Waals surface area contributed by atoms with E-state index in [1.54, 1.807) is 0 Å². The molecule has 0 aliphatic carbocycles. The summed E-state index contributed by atoms with van der Waals surface area (Å²) in [7, 11) is 3.68. The predicted molar refractivity (Wildman–Crippen MR) is 61.9 cm³/mol. The third kappa shape index (κ3) is 5.24. The van der Waals surface area contributed by atoms with Crippen molar-refractivity contribution < 1.29 is 5.11 Å². The lowest BCUT2D eigenvalue weighted by atomic mass is 10.2. The van der Waals surface area contributed by atoms with Gasteiger partial charge in [0.05, 0.1) is 0 Å². The highest BCUT2D eigenvalue weighted by atomic mass is 33.1. The third-order valence-electron chi connectivity index (χ3n) is 1.54. The number of hydrogen-bond donors (Lipinski definition) is 1. The fraction of sp³-hybridized carbons (Fsp3) is 0.400. The summed E-state index contributed by atoms with van der Waals surface area (Å²) < 4.78 is 0. The summed E-state index contributed by atoms with van der Waals surface area (Å²) >= 11 is 0. The van der Waals surface area contributed by atoms with E-state index in [2.05, 4.69) is 24.3 Å². The van der Waals surface area contributed by atoms with Gasteiger partial charge in [0, 0.05) is 18.1 Å². The normalized spacial score (nSPS) is 10.2. The number of aliphatic hydroxyl groups is 1. The molecule has 0 unspecified atom stereocenters. The van der Waals surface area contributed by atoms with Gasteiger partial charge in [-0.15, -0.1) is 0 Å². The van der Waals surface area contributed by atoms with E-state index in [-0.39, 0.29) is 0 Å². The van der Waals surface area contributed by atoms with E-state index in [1.807, 2.05) is 27.7 Å². The second-order valence-electron chi connectivity index (χ2n) is 2.65. The first-order valence-corrected chi connectivity index (χ1v) is 6.81. The van der Waals surface area contributed by atoms with Crippen LogP contribution in [0.15, 0.2) is 30.3 Å². The molecule has 72 valence electrons. The average Bonchev–Trinajstić information content (AvgIpc) is 2.19. The second-order valence-corrected chi connectivity index (χ2v) is 5.23. The van der Waals surface area contributed by atoms with E-state index in [0.29, 0.717) is 6.61 Å². The van der Waals surface area contributed by atoms with Gasteiger partial charge >= 0.3 is 0 Å². The Hall–Kier alpha value is -0.120. The summed E-state index contributed by atoms with van der Waals surface area (Å²) in [6, 6.07) is 10.4. The Morgan fingerprint density at radius 2 is 1.85 bits per heavy atom. The van der Waals surface area contributed by atoms with Gasteiger partial charge in [0.2, 0.25) is 0 Å². The Morgan fingerprint density at radius 3 is 2.54 bits per heavy atom. The minimum Gasteiger partial charge on any atom is -0.396 e. The summed E-state index contributed by atoms with van der Waals surface area (Å²) in [6.45, 7) is 0.304. The van der Waals surface area contributed by atoms with Crippen LogP contribution in [0.1, 0.15) is 12.0 Å². The number of benzene rings is 1. The Labute approximate surface area is 87.3 Å². The van der Waals surface area contributed by atoms with Crippen LogP contribution in [-0.2, 0) is 5.75 Å². The molecule has 0 aliphatic rings. The Balaban J connectivity index is 2.07. The summed E-state index contributed by atoms with van der Waals surface area (Å²) in [4.78, 5) is 0. The van der Waals surface area contributed by atoms with Gasteiger partial charge in [-0.05, 0) is 12.0 Å². The molecule has 1 nitrogen and oxygen atoms in total. The zero-order chi connectivity index (χ0) is 9.36. The minimum absolute atomic E-state index is 0.304. The fourth-order valence-electron chi connectivity index (χ4n) is 0.866. The molecule has 0 saturated carbocycles. The lowest BCUT2D eigenvalue weighted by Gasteiger charge is -1.99. The molecule has 1 aromatic carbocycles. The van der Waals surface area contributed by atoms with E-state index in [4.69, 9.17) is 5.11 Å². The molecule has 0 bridgehead atoms. The van der Waals surface area contributed by atoms with Crippen LogP contribution in [0.3, 0.4) is 0 Å². The van der Waals surface area contributed by atoms with Gasteiger partial charge in [0.25, 0.3) is 0 Å². The van der Waals surface area contributed by atoms with Gasteiger partial charge < -0.3 is 5.11 Å². The summed E-state index contributed by atoms with van der Waals surface area (Å²) in [5, 5.41) is 8.56. The van der Waals surface area contributed by atoms with Crippen LogP contribution in [-0.4, -0.2) is 17.5 Å². The highest BCUT2D eigenvalue weighted by molar-refractivity contribution is 8.76. The first-order chi connectivity index (χ1) is 6.43. The lowest BCUT2D eigenvalue weighted by Crippen LogP contribution is -1.83. The molecular formula is C10H14OS2. The largest absolute Gasteiger partial charge is 0.396 e. The molecule has 0 fully saturated rings. The minimum atomic E-state index is 0.304. The van der Waals surface area contributed by atoms with Crippen molar-refractivity contribution in [3.8, 4) is 0 Å². The molecule has 3 heteroatoms. The van der Waals surface area contributed by atoms with Crippen molar-refractivity contribution >= 4 is 21.6 Å². The zero-order valence-electron chi connectivity index (χ0n) is 7.48. The molecular weight excluding hydrogens is 200 g/mol. The maximum atomic E-state index is 8.56. The van der Waals surface area contributed by atoms with Crippen molar-refractivity contribution in [1.82, 2.24) is 0 Å². The molecule has 1 rings (SSSR count). The molecule has 0 saturated heterocycles. The van der Waals surface area contributed by atoms with Crippen LogP contribution in [0.5, 0.6) is 0 Å². The number of aliphatic hydroxyl groups excluding tert-OH is 1. The Morgan fingerprint density at radius 1 is 1.08 bits per heavy atom. The quantitative estimate of drug-likeness (QED) is 0.581. The van der Waals surface area contributed by atoms with E-state index < -0.39 is 0 Å². The molecule has 13 heavy (non-hydrogen) atoms. The van der Waals surface area contributed by atoms with Crippen LogP contribution < -0.4 is 0 Å². The maximum Gasteiger partial charge on any atom is 0.0439 e. The van der Waals surface area contributed by atoms with Crippen molar-refractivity contribution in [2.75, 3.05) is 12.4 Å². The van der Waals surface area contributed by atoms with E-state index in [1.165, 1.54) is 5.56 Å². The molecule has 0 heterocycles. The monoisotopic (exact) mass is 214 g/mol. The van der Waals surface area contributed by atoms with Crippen molar-refractivity contribution in [2.24, 2.45) is 0 Å². The van der Waals surface area contributed by atoms with Crippen molar-refractivity contribution in [3.63, 3.8) is 0 Å². The molecule has 0 aliphatic heterocycles. The predicted octanol–water partition coefficient (Wildman–Crippen LogP) is 2.95. The Bertz CT molecular complexity index is 213. The van der Waals surface area contributed by atoms with Crippen LogP contribution in [0.2, 0.25) is 0 Å². The SMILES string of the molecule is OCCCSSCc1ccccc1. The van der Waals surface area contributed by atoms with Gasteiger partial charge in [-0.2, -0.15) is 0 Å². The Kier molecular flexibility index (Phi) is 6.15. The topological polar surface area (TPSA) is 20.2 Å². The molecule has 0 aromatic heterocycles. The smallest absolute Gasteiger partial charge is 0.0439 e. The van der Waals surface area contributed by atoms with Crippen molar-refractivity contribution in [3.05, 3.63) is 35.9 Å². The highest BCUT2D eigenvalue weighted by Crippen LogP contribution is 2.25. The van der Waals surface area contributed by atoms with Crippen molar-refractivity contribution in [1.29, 1.82) is 0 Å². The van der Waals surface area contributed by atoms with E-state index in [9.17, 15) is 0 Å².